The Balaban J connectivity index is 0.00000182. The second-order valence-electron chi connectivity index (χ2n) is 6.96. The molecule has 0 bridgehead atoms. The molecule has 5 nitrogen and oxygen atoms in total. The zero-order chi connectivity index (χ0) is 17.6. The molecule has 1 saturated heterocycles. The average molecular weight is 439 g/mol. The van der Waals surface area contributed by atoms with Crippen LogP contribution in [0.5, 0.6) is 0 Å². The molecule has 0 radical (unpaired) electrons. The SMILES string of the molecule is Cl.Cl.NC[C@H]1CCC[C@H]1C(=O)NCC(c1ccccc1Cl)N1CCOCC1. The third-order valence-corrected chi connectivity index (χ3v) is 5.86. The molecular formula is C19H30Cl3N3O2. The Labute approximate surface area is 179 Å². The molecule has 2 fully saturated rings. The number of carbonyl (C=O) groups is 1. The number of morpholine rings is 1. The van der Waals surface area contributed by atoms with Gasteiger partial charge in [-0.3, -0.25) is 9.69 Å². The largest absolute Gasteiger partial charge is 0.379 e. The smallest absolute Gasteiger partial charge is 0.223 e. The summed E-state index contributed by atoms with van der Waals surface area (Å²) in [5.74, 6) is 0.516. The predicted octanol–water partition coefficient (Wildman–Crippen LogP) is 3.05. The minimum Gasteiger partial charge on any atom is -0.379 e. The molecule has 1 saturated carbocycles. The Hall–Kier alpha value is -0.560. The number of nitrogens with one attached hydrogen (secondary N) is 1. The van der Waals surface area contributed by atoms with Gasteiger partial charge >= 0.3 is 0 Å². The molecule has 3 rings (SSSR count). The number of hydrogen-bond donors (Lipinski definition) is 2. The monoisotopic (exact) mass is 437 g/mol. The van der Waals surface area contributed by atoms with Crippen LogP contribution in [0, 0.1) is 11.8 Å². The lowest BCUT2D eigenvalue weighted by Crippen LogP contribution is -2.45. The van der Waals surface area contributed by atoms with Gasteiger partial charge in [-0.25, -0.2) is 0 Å². The number of nitrogens with zero attached hydrogens (tertiary/aromatic N) is 1. The third kappa shape index (κ3) is 6.21. The standard InChI is InChI=1S/C19H28ClN3O2.2ClH/c20-17-7-2-1-5-16(17)18(23-8-10-25-11-9-23)13-22-19(24)15-6-3-4-14(15)12-21;;/h1-2,5,7,14-15,18H,3-4,6,8-13,21H2,(H,22,24);2*1H/t14-,15-,18?;;/m1../s1. The van der Waals surface area contributed by atoms with Crippen LogP contribution in [0.25, 0.3) is 0 Å². The first-order valence-electron chi connectivity index (χ1n) is 9.24. The summed E-state index contributed by atoms with van der Waals surface area (Å²) in [6.07, 6.45) is 3.10. The topological polar surface area (TPSA) is 67.6 Å². The first-order valence-corrected chi connectivity index (χ1v) is 9.62. The molecule has 8 heteroatoms. The van der Waals surface area contributed by atoms with E-state index in [0.29, 0.717) is 32.2 Å². The quantitative estimate of drug-likeness (QED) is 0.716. The van der Waals surface area contributed by atoms with Crippen molar-refractivity contribution in [3.8, 4) is 0 Å². The lowest BCUT2D eigenvalue weighted by Gasteiger charge is -2.35. The van der Waals surface area contributed by atoms with Gasteiger partial charge in [0, 0.05) is 30.6 Å². The van der Waals surface area contributed by atoms with Crippen molar-refractivity contribution in [2.45, 2.75) is 25.3 Å². The van der Waals surface area contributed by atoms with Crippen LogP contribution in [-0.2, 0) is 9.53 Å². The van der Waals surface area contributed by atoms with Crippen molar-refractivity contribution in [1.82, 2.24) is 10.2 Å². The highest BCUT2D eigenvalue weighted by Gasteiger charge is 2.33. The van der Waals surface area contributed by atoms with Crippen molar-refractivity contribution in [3.05, 3.63) is 34.9 Å². The fourth-order valence-electron chi connectivity index (χ4n) is 4.06. The summed E-state index contributed by atoms with van der Waals surface area (Å²) in [7, 11) is 0. The Bertz CT molecular complexity index is 585. The van der Waals surface area contributed by atoms with E-state index in [-0.39, 0.29) is 42.7 Å². The molecule has 2 aliphatic rings. The number of rotatable bonds is 6. The van der Waals surface area contributed by atoms with Crippen LogP contribution in [0.3, 0.4) is 0 Å². The molecule has 154 valence electrons. The summed E-state index contributed by atoms with van der Waals surface area (Å²) in [6.45, 7) is 4.28. The molecule has 3 atom stereocenters. The number of hydrogen-bond acceptors (Lipinski definition) is 4. The average Bonchev–Trinajstić information content (AvgIpc) is 3.13. The van der Waals surface area contributed by atoms with Gasteiger partial charge in [0.1, 0.15) is 0 Å². The van der Waals surface area contributed by atoms with Crippen molar-refractivity contribution >= 4 is 42.3 Å². The van der Waals surface area contributed by atoms with E-state index in [1.165, 1.54) is 0 Å². The van der Waals surface area contributed by atoms with Crippen LogP contribution in [-0.4, -0.2) is 50.2 Å². The molecule has 0 aromatic heterocycles. The second-order valence-corrected chi connectivity index (χ2v) is 7.37. The maximum Gasteiger partial charge on any atom is 0.223 e. The Morgan fingerprint density at radius 3 is 2.63 bits per heavy atom. The lowest BCUT2D eigenvalue weighted by atomic mass is 9.95. The van der Waals surface area contributed by atoms with Crippen molar-refractivity contribution in [3.63, 3.8) is 0 Å². The molecule has 1 aromatic carbocycles. The van der Waals surface area contributed by atoms with Crippen LogP contribution in [0.15, 0.2) is 24.3 Å². The van der Waals surface area contributed by atoms with E-state index in [4.69, 9.17) is 22.1 Å². The van der Waals surface area contributed by atoms with Gasteiger partial charge in [0.15, 0.2) is 0 Å². The Morgan fingerprint density at radius 2 is 1.96 bits per heavy atom. The second kappa shape index (κ2) is 12.1. The van der Waals surface area contributed by atoms with E-state index < -0.39 is 0 Å². The van der Waals surface area contributed by atoms with Crippen LogP contribution in [0.2, 0.25) is 5.02 Å². The number of halogens is 3. The highest BCUT2D eigenvalue weighted by atomic mass is 35.5. The maximum atomic E-state index is 12.7. The molecule has 1 aliphatic carbocycles. The zero-order valence-corrected chi connectivity index (χ0v) is 17.8. The van der Waals surface area contributed by atoms with Crippen LogP contribution >= 0.6 is 36.4 Å². The molecule has 1 unspecified atom stereocenters. The van der Waals surface area contributed by atoms with Crippen molar-refractivity contribution in [2.24, 2.45) is 17.6 Å². The Morgan fingerprint density at radius 1 is 1.26 bits per heavy atom. The fourth-order valence-corrected chi connectivity index (χ4v) is 4.32. The van der Waals surface area contributed by atoms with Gasteiger partial charge in [0.2, 0.25) is 5.91 Å². The van der Waals surface area contributed by atoms with Gasteiger partial charge in [-0.2, -0.15) is 0 Å². The lowest BCUT2D eigenvalue weighted by molar-refractivity contribution is -0.126. The summed E-state index contributed by atoms with van der Waals surface area (Å²) in [6, 6.07) is 7.96. The van der Waals surface area contributed by atoms with Gasteiger partial charge in [-0.05, 0) is 36.9 Å². The van der Waals surface area contributed by atoms with Gasteiger partial charge in [-0.15, -0.1) is 24.8 Å². The van der Waals surface area contributed by atoms with E-state index in [1.807, 2.05) is 24.3 Å². The van der Waals surface area contributed by atoms with E-state index >= 15 is 0 Å². The van der Waals surface area contributed by atoms with Gasteiger partial charge in [0.05, 0.1) is 19.3 Å². The normalized spacial score (nSPS) is 23.8. The Kier molecular flexibility index (Phi) is 11.0. The highest BCUT2D eigenvalue weighted by molar-refractivity contribution is 6.31. The van der Waals surface area contributed by atoms with Crippen LogP contribution in [0.4, 0.5) is 0 Å². The number of benzene rings is 1. The molecule has 1 aromatic rings. The van der Waals surface area contributed by atoms with Gasteiger partial charge in [-0.1, -0.05) is 36.2 Å². The van der Waals surface area contributed by atoms with Crippen molar-refractivity contribution < 1.29 is 9.53 Å². The van der Waals surface area contributed by atoms with Crippen molar-refractivity contribution in [1.29, 1.82) is 0 Å². The molecule has 1 aliphatic heterocycles. The minimum atomic E-state index is 0. The van der Waals surface area contributed by atoms with E-state index in [9.17, 15) is 4.79 Å². The minimum absolute atomic E-state index is 0. The van der Waals surface area contributed by atoms with Crippen LogP contribution in [0.1, 0.15) is 30.9 Å². The number of amides is 1. The third-order valence-electron chi connectivity index (χ3n) is 5.52. The number of nitrogens with two attached hydrogens (primary N) is 1. The fraction of sp³-hybridized carbons (Fsp3) is 0.632. The maximum absolute atomic E-state index is 12.7. The van der Waals surface area contributed by atoms with Gasteiger partial charge in [0.25, 0.3) is 0 Å². The number of carbonyl (C=O) groups excluding carboxylic acids is 1. The predicted molar refractivity (Wildman–Crippen MR) is 114 cm³/mol. The van der Waals surface area contributed by atoms with Crippen LogP contribution < -0.4 is 11.1 Å². The summed E-state index contributed by atoms with van der Waals surface area (Å²) in [4.78, 5) is 15.0. The first-order chi connectivity index (χ1) is 12.2. The summed E-state index contributed by atoms with van der Waals surface area (Å²) >= 11 is 6.44. The zero-order valence-electron chi connectivity index (χ0n) is 15.4. The van der Waals surface area contributed by atoms with E-state index in [1.54, 1.807) is 0 Å². The number of ether oxygens (including phenoxy) is 1. The molecule has 27 heavy (non-hydrogen) atoms. The molecule has 1 amide bonds. The van der Waals surface area contributed by atoms with Crippen molar-refractivity contribution in [2.75, 3.05) is 39.4 Å². The van der Waals surface area contributed by atoms with E-state index in [0.717, 1.165) is 42.9 Å². The molecule has 1 heterocycles. The molecular weight excluding hydrogens is 409 g/mol. The van der Waals surface area contributed by atoms with Gasteiger partial charge < -0.3 is 15.8 Å². The summed E-state index contributed by atoms with van der Waals surface area (Å²) in [5.41, 5.74) is 6.89. The summed E-state index contributed by atoms with van der Waals surface area (Å²) < 4.78 is 5.48. The van der Waals surface area contributed by atoms with E-state index in [2.05, 4.69) is 10.2 Å². The molecule has 3 N–H and O–H groups in total. The molecule has 0 spiro atoms. The highest BCUT2D eigenvalue weighted by Crippen LogP contribution is 2.32. The summed E-state index contributed by atoms with van der Waals surface area (Å²) in [5, 5.41) is 3.92. The first kappa shape index (κ1) is 24.5.